The average Bonchev–Trinajstić information content (AvgIpc) is 3.82. The van der Waals surface area contributed by atoms with Crippen molar-refractivity contribution in [2.75, 3.05) is 7.11 Å². The number of methoxy groups -OCH3 is 1. The fraction of sp³-hybridized carbons (Fsp3) is 0.632. The summed E-state index contributed by atoms with van der Waals surface area (Å²) in [5, 5.41) is 36.8. The Hall–Kier alpha value is -2.64. The maximum Gasteiger partial charge on any atom is 0.309 e. The van der Waals surface area contributed by atoms with Crippen molar-refractivity contribution in [2.24, 2.45) is 11.8 Å². The molecule has 0 radical (unpaired) electrons. The number of nitrogens with one attached hydrogen (secondary N) is 1. The van der Waals surface area contributed by atoms with Gasteiger partial charge in [-0.1, -0.05) is 62.7 Å². The van der Waals surface area contributed by atoms with E-state index >= 15 is 0 Å². The van der Waals surface area contributed by atoms with Gasteiger partial charge in [0.15, 0.2) is 0 Å². The van der Waals surface area contributed by atoms with Crippen molar-refractivity contribution in [1.82, 2.24) is 5.32 Å². The summed E-state index contributed by atoms with van der Waals surface area (Å²) in [5.74, 6) is -2.06. The summed E-state index contributed by atoms with van der Waals surface area (Å²) in [4.78, 5) is 24.7. The van der Waals surface area contributed by atoms with E-state index < -0.39 is 59.2 Å². The standard InChI is InChI=1S/C38H55ClFNO9/c1-9-30(47-8)24(4)34-35(50-34)36(41-21-26-13-14-28(39)29(40)19-26)38(7,46)17-10-11-22(2)33-23(3)12-15-31(48-25(5)42)37(6,45)18-16-27(43)20-32(44)49-33/h10-15,17,19,23-24,27,30-31,33-36,41,43,45-46H,9,16,18,20-21H2,1-8H3/b15-12+,17-10+,22-11+/t23?,24?,27?,30-,31-,33+,34?,35?,36?,37?,38?/m0/s1. The van der Waals surface area contributed by atoms with Gasteiger partial charge in [0.05, 0.1) is 41.4 Å². The second-order valence-electron chi connectivity index (χ2n) is 14.1. The van der Waals surface area contributed by atoms with E-state index in [-0.39, 0.29) is 55.1 Å². The Balaban J connectivity index is 1.88. The molecule has 0 bridgehead atoms. The molecule has 3 rings (SSSR count). The number of ether oxygens (including phenoxy) is 4. The first-order valence-electron chi connectivity index (χ1n) is 17.3. The van der Waals surface area contributed by atoms with Crippen LogP contribution in [0.3, 0.4) is 0 Å². The van der Waals surface area contributed by atoms with E-state index in [0.717, 1.165) is 6.42 Å². The van der Waals surface area contributed by atoms with Crippen LogP contribution in [0.5, 0.6) is 0 Å². The van der Waals surface area contributed by atoms with Gasteiger partial charge in [0.25, 0.3) is 0 Å². The van der Waals surface area contributed by atoms with E-state index in [1.807, 2.05) is 13.8 Å². The number of carbonyl (C=O) groups excluding carboxylic acids is 2. The van der Waals surface area contributed by atoms with Crippen LogP contribution >= 0.6 is 11.6 Å². The minimum absolute atomic E-state index is 0.0243. The molecule has 2 aliphatic heterocycles. The zero-order valence-electron chi connectivity index (χ0n) is 30.4. The molecule has 1 aromatic carbocycles. The Labute approximate surface area is 300 Å². The number of hydrogen-bond donors (Lipinski definition) is 4. The molecule has 0 spiro atoms. The molecule has 1 saturated heterocycles. The lowest BCUT2D eigenvalue weighted by Gasteiger charge is -2.32. The van der Waals surface area contributed by atoms with Gasteiger partial charge in [-0.15, -0.1) is 0 Å². The van der Waals surface area contributed by atoms with Gasteiger partial charge in [-0.25, -0.2) is 4.39 Å². The quantitative estimate of drug-likeness (QED) is 0.0909. The number of cyclic esters (lactones) is 1. The van der Waals surface area contributed by atoms with Crippen LogP contribution in [0.4, 0.5) is 4.39 Å². The van der Waals surface area contributed by atoms with Crippen LogP contribution in [0.15, 0.2) is 54.2 Å². The molecule has 10 nitrogen and oxygen atoms in total. The van der Waals surface area contributed by atoms with Crippen molar-refractivity contribution in [3.05, 3.63) is 70.6 Å². The van der Waals surface area contributed by atoms with E-state index in [0.29, 0.717) is 11.1 Å². The minimum atomic E-state index is -1.48. The lowest BCUT2D eigenvalue weighted by molar-refractivity contribution is -0.157. The summed E-state index contributed by atoms with van der Waals surface area (Å²) in [7, 11) is 1.67. The maximum atomic E-state index is 14.2. The van der Waals surface area contributed by atoms with Gasteiger partial charge in [-0.3, -0.25) is 9.59 Å². The monoisotopic (exact) mass is 723 g/mol. The minimum Gasteiger partial charge on any atom is -0.457 e. The molecule has 280 valence electrons. The Morgan fingerprint density at radius 1 is 1.28 bits per heavy atom. The van der Waals surface area contributed by atoms with Crippen molar-refractivity contribution < 1.29 is 48.2 Å². The largest absolute Gasteiger partial charge is 0.457 e. The molecular weight excluding hydrogens is 669 g/mol. The first-order chi connectivity index (χ1) is 23.4. The number of hydrogen-bond acceptors (Lipinski definition) is 10. The van der Waals surface area contributed by atoms with Gasteiger partial charge in [-0.05, 0) is 69.4 Å². The number of carbonyl (C=O) groups is 2. The van der Waals surface area contributed by atoms with E-state index in [9.17, 15) is 29.3 Å². The summed E-state index contributed by atoms with van der Waals surface area (Å²) < 4.78 is 37.2. The van der Waals surface area contributed by atoms with Crippen LogP contribution in [-0.2, 0) is 35.1 Å². The molecular formula is C38H55ClFNO9. The van der Waals surface area contributed by atoms with Crippen molar-refractivity contribution in [3.63, 3.8) is 0 Å². The molecule has 8 unspecified atom stereocenters. The second kappa shape index (κ2) is 18.2. The molecule has 11 atom stereocenters. The Kier molecular flexibility index (Phi) is 15.2. The van der Waals surface area contributed by atoms with Crippen LogP contribution < -0.4 is 5.32 Å². The molecule has 2 aliphatic rings. The van der Waals surface area contributed by atoms with E-state index in [1.54, 1.807) is 57.4 Å². The van der Waals surface area contributed by atoms with Gasteiger partial charge in [0.2, 0.25) is 0 Å². The molecule has 1 fully saturated rings. The highest BCUT2D eigenvalue weighted by atomic mass is 35.5. The van der Waals surface area contributed by atoms with E-state index in [2.05, 4.69) is 12.2 Å². The molecule has 4 N–H and O–H groups in total. The lowest BCUT2D eigenvalue weighted by Crippen LogP contribution is -2.52. The zero-order valence-corrected chi connectivity index (χ0v) is 31.2. The first kappa shape index (κ1) is 41.8. The second-order valence-corrected chi connectivity index (χ2v) is 14.6. The number of allylic oxidation sites excluding steroid dienone is 2. The number of rotatable bonds is 13. The smallest absolute Gasteiger partial charge is 0.309 e. The molecule has 0 aromatic heterocycles. The number of aliphatic hydroxyl groups is 3. The normalized spacial score (nSPS) is 31.8. The van der Waals surface area contributed by atoms with Crippen LogP contribution in [0.25, 0.3) is 0 Å². The third-order valence-electron chi connectivity index (χ3n) is 9.70. The lowest BCUT2D eigenvalue weighted by atomic mass is 9.87. The van der Waals surface area contributed by atoms with Crippen molar-refractivity contribution in [2.45, 2.75) is 135 Å². The van der Waals surface area contributed by atoms with Crippen LogP contribution in [0.2, 0.25) is 5.02 Å². The molecule has 50 heavy (non-hydrogen) atoms. The van der Waals surface area contributed by atoms with Crippen molar-refractivity contribution in [1.29, 1.82) is 0 Å². The zero-order chi connectivity index (χ0) is 37.4. The number of epoxide rings is 1. The first-order valence-corrected chi connectivity index (χ1v) is 17.7. The fourth-order valence-electron chi connectivity index (χ4n) is 6.55. The van der Waals surface area contributed by atoms with Gasteiger partial charge in [0.1, 0.15) is 29.7 Å². The molecule has 0 saturated carbocycles. The Morgan fingerprint density at radius 2 is 1.98 bits per heavy atom. The average molecular weight is 724 g/mol. The van der Waals surface area contributed by atoms with E-state index in [1.165, 1.54) is 26.0 Å². The predicted molar refractivity (Wildman–Crippen MR) is 189 cm³/mol. The van der Waals surface area contributed by atoms with Crippen LogP contribution in [0.1, 0.15) is 79.7 Å². The van der Waals surface area contributed by atoms with Crippen molar-refractivity contribution >= 4 is 23.5 Å². The SMILES string of the molecule is CC[C@H](OC)C(C)C1OC1C(NCc1ccc(Cl)c(F)c1)C(C)(O)/C=C/C=C(\C)[C@H]1OC(=O)CC(O)CCC(C)(O)[C@@H](OC(C)=O)/C=C/C1C. The van der Waals surface area contributed by atoms with Gasteiger partial charge in [0, 0.05) is 32.4 Å². The number of aliphatic hydroxyl groups excluding tert-OH is 1. The van der Waals surface area contributed by atoms with Gasteiger partial charge in [-0.2, -0.15) is 0 Å². The summed E-state index contributed by atoms with van der Waals surface area (Å²) >= 11 is 5.88. The highest BCUT2D eigenvalue weighted by molar-refractivity contribution is 6.30. The summed E-state index contributed by atoms with van der Waals surface area (Å²) in [6.07, 6.45) is 5.69. The van der Waals surface area contributed by atoms with E-state index in [4.69, 9.17) is 30.5 Å². The summed E-state index contributed by atoms with van der Waals surface area (Å²) in [5.41, 5.74) is -1.63. The number of esters is 2. The van der Waals surface area contributed by atoms with Crippen LogP contribution in [-0.4, -0.2) is 88.2 Å². The maximum absolute atomic E-state index is 14.2. The molecule has 0 amide bonds. The third-order valence-corrected chi connectivity index (χ3v) is 10.0. The predicted octanol–water partition coefficient (Wildman–Crippen LogP) is 5.35. The topological polar surface area (TPSA) is 147 Å². The highest BCUT2D eigenvalue weighted by Crippen LogP contribution is 2.39. The molecule has 1 aromatic rings. The number of benzene rings is 1. The summed E-state index contributed by atoms with van der Waals surface area (Å²) in [6, 6.07) is 3.96. The summed E-state index contributed by atoms with van der Waals surface area (Å²) in [6.45, 7) is 12.4. The Morgan fingerprint density at radius 3 is 2.60 bits per heavy atom. The van der Waals surface area contributed by atoms with Gasteiger partial charge >= 0.3 is 11.9 Å². The third kappa shape index (κ3) is 11.7. The van der Waals surface area contributed by atoms with Crippen LogP contribution in [0, 0.1) is 17.7 Å². The highest BCUT2D eigenvalue weighted by Gasteiger charge is 2.54. The fourth-order valence-corrected chi connectivity index (χ4v) is 6.67. The Bertz CT molecular complexity index is 1390. The van der Waals surface area contributed by atoms with Crippen molar-refractivity contribution in [3.8, 4) is 0 Å². The molecule has 12 heteroatoms. The van der Waals surface area contributed by atoms with Gasteiger partial charge < -0.3 is 39.6 Å². The molecule has 2 heterocycles. The molecule has 0 aliphatic carbocycles. The number of halogens is 2.